The van der Waals surface area contributed by atoms with Gasteiger partial charge in [0.05, 0.1) is 0 Å². The van der Waals surface area contributed by atoms with Crippen LogP contribution in [0.1, 0.15) is 17.9 Å². The van der Waals surface area contributed by atoms with Crippen molar-refractivity contribution in [1.29, 1.82) is 0 Å². The quantitative estimate of drug-likeness (QED) is 0.770. The molecule has 1 fully saturated rings. The van der Waals surface area contributed by atoms with Crippen LogP contribution < -0.4 is 5.73 Å². The van der Waals surface area contributed by atoms with E-state index in [2.05, 4.69) is 0 Å². The lowest BCUT2D eigenvalue weighted by molar-refractivity contribution is -0.119. The normalized spacial score (nSPS) is 25.6. The fourth-order valence-electron chi connectivity index (χ4n) is 1.62. The van der Waals surface area contributed by atoms with Crippen LogP contribution in [-0.4, -0.2) is 5.91 Å². The molecule has 0 heterocycles. The molecule has 0 radical (unpaired) electrons. The van der Waals surface area contributed by atoms with E-state index in [1.807, 2.05) is 24.3 Å². The zero-order chi connectivity index (χ0) is 9.42. The van der Waals surface area contributed by atoms with Crippen molar-refractivity contribution in [2.24, 2.45) is 11.7 Å². The van der Waals surface area contributed by atoms with Gasteiger partial charge in [0.1, 0.15) is 0 Å². The van der Waals surface area contributed by atoms with Gasteiger partial charge < -0.3 is 5.73 Å². The van der Waals surface area contributed by atoms with Crippen molar-refractivity contribution in [3.63, 3.8) is 0 Å². The molecule has 0 aliphatic heterocycles. The average molecular weight is 196 g/mol. The molecule has 3 heteroatoms. The number of nitrogens with two attached hydrogens (primary N) is 1. The number of amides is 1. The molecule has 1 aromatic rings. The summed E-state index contributed by atoms with van der Waals surface area (Å²) in [5.41, 5.74) is 6.31. The minimum absolute atomic E-state index is 0.0264. The van der Waals surface area contributed by atoms with Gasteiger partial charge in [-0.05, 0) is 30.0 Å². The highest BCUT2D eigenvalue weighted by molar-refractivity contribution is 6.30. The molecule has 0 bridgehead atoms. The Balaban J connectivity index is 2.16. The smallest absolute Gasteiger partial charge is 0.221 e. The van der Waals surface area contributed by atoms with Gasteiger partial charge in [-0.2, -0.15) is 0 Å². The molecule has 2 atom stereocenters. The topological polar surface area (TPSA) is 43.1 Å². The standard InChI is InChI=1S/C10H10ClNO/c11-7-3-1-2-6(4-7)8-5-9(8)10(12)13/h1-4,8-9H,5H2,(H2,12,13). The predicted molar refractivity (Wildman–Crippen MR) is 51.5 cm³/mol. The summed E-state index contributed by atoms with van der Waals surface area (Å²) in [5.74, 6) is 0.125. The summed E-state index contributed by atoms with van der Waals surface area (Å²) < 4.78 is 0. The molecule has 0 spiro atoms. The highest BCUT2D eigenvalue weighted by atomic mass is 35.5. The molecule has 1 aliphatic carbocycles. The number of hydrogen-bond donors (Lipinski definition) is 1. The Bertz CT molecular complexity index is 351. The monoisotopic (exact) mass is 195 g/mol. The van der Waals surface area contributed by atoms with Gasteiger partial charge in [0.15, 0.2) is 0 Å². The lowest BCUT2D eigenvalue weighted by Crippen LogP contribution is -2.13. The number of hydrogen-bond acceptors (Lipinski definition) is 1. The fourth-order valence-corrected chi connectivity index (χ4v) is 1.81. The third-order valence-corrected chi connectivity index (χ3v) is 2.67. The van der Waals surface area contributed by atoms with E-state index in [9.17, 15) is 4.79 Å². The number of benzene rings is 1. The molecule has 2 unspecified atom stereocenters. The van der Waals surface area contributed by atoms with Crippen LogP contribution in [0.4, 0.5) is 0 Å². The lowest BCUT2D eigenvalue weighted by atomic mass is 10.1. The molecule has 1 saturated carbocycles. The van der Waals surface area contributed by atoms with Crippen molar-refractivity contribution < 1.29 is 4.79 Å². The van der Waals surface area contributed by atoms with Gasteiger partial charge >= 0.3 is 0 Å². The maximum atomic E-state index is 10.8. The summed E-state index contributed by atoms with van der Waals surface area (Å²) in [4.78, 5) is 10.8. The van der Waals surface area contributed by atoms with Crippen LogP contribution in [-0.2, 0) is 4.79 Å². The number of rotatable bonds is 2. The van der Waals surface area contributed by atoms with Crippen LogP contribution in [0.2, 0.25) is 5.02 Å². The Hall–Kier alpha value is -1.02. The van der Waals surface area contributed by atoms with E-state index < -0.39 is 0 Å². The number of primary amides is 1. The van der Waals surface area contributed by atoms with Crippen molar-refractivity contribution in [1.82, 2.24) is 0 Å². The third-order valence-electron chi connectivity index (χ3n) is 2.43. The molecule has 13 heavy (non-hydrogen) atoms. The molecule has 1 amide bonds. The second-order valence-electron chi connectivity index (χ2n) is 3.41. The Kier molecular flexibility index (Phi) is 2.00. The van der Waals surface area contributed by atoms with Crippen molar-refractivity contribution in [3.05, 3.63) is 34.9 Å². The lowest BCUT2D eigenvalue weighted by Gasteiger charge is -1.98. The average Bonchev–Trinajstić information content (AvgIpc) is 2.82. The van der Waals surface area contributed by atoms with Crippen LogP contribution >= 0.6 is 11.6 Å². The van der Waals surface area contributed by atoms with E-state index in [1.165, 1.54) is 0 Å². The summed E-state index contributed by atoms with van der Waals surface area (Å²) in [5, 5.41) is 0.715. The summed E-state index contributed by atoms with van der Waals surface area (Å²) in [7, 11) is 0. The molecule has 2 rings (SSSR count). The van der Waals surface area contributed by atoms with Gasteiger partial charge in [-0.25, -0.2) is 0 Å². The van der Waals surface area contributed by atoms with E-state index in [0.29, 0.717) is 10.9 Å². The Labute approximate surface area is 81.7 Å². The van der Waals surface area contributed by atoms with Crippen molar-refractivity contribution in [2.75, 3.05) is 0 Å². The largest absolute Gasteiger partial charge is 0.369 e. The summed E-state index contributed by atoms with van der Waals surface area (Å²) in [6.45, 7) is 0. The first-order valence-electron chi connectivity index (χ1n) is 4.23. The Morgan fingerprint density at radius 3 is 2.85 bits per heavy atom. The maximum Gasteiger partial charge on any atom is 0.221 e. The van der Waals surface area contributed by atoms with Crippen LogP contribution in [0, 0.1) is 5.92 Å². The zero-order valence-electron chi connectivity index (χ0n) is 7.03. The molecule has 1 aromatic carbocycles. The fraction of sp³-hybridized carbons (Fsp3) is 0.300. The molecule has 1 aliphatic rings. The molecule has 2 N–H and O–H groups in total. The Morgan fingerprint density at radius 1 is 1.54 bits per heavy atom. The van der Waals surface area contributed by atoms with Gasteiger partial charge in [0, 0.05) is 10.9 Å². The van der Waals surface area contributed by atoms with Gasteiger partial charge in [0.25, 0.3) is 0 Å². The number of halogens is 1. The van der Waals surface area contributed by atoms with Crippen molar-refractivity contribution in [3.8, 4) is 0 Å². The van der Waals surface area contributed by atoms with E-state index in [0.717, 1.165) is 12.0 Å². The van der Waals surface area contributed by atoms with E-state index in [4.69, 9.17) is 17.3 Å². The number of carbonyl (C=O) groups excluding carboxylic acids is 1. The molecule has 2 nitrogen and oxygen atoms in total. The minimum atomic E-state index is -0.204. The maximum absolute atomic E-state index is 10.8. The highest BCUT2D eigenvalue weighted by Gasteiger charge is 2.42. The second kappa shape index (κ2) is 3.04. The first-order valence-corrected chi connectivity index (χ1v) is 4.61. The SMILES string of the molecule is NC(=O)C1CC1c1cccc(Cl)c1. The van der Waals surface area contributed by atoms with Gasteiger partial charge in [0.2, 0.25) is 5.91 Å². The van der Waals surface area contributed by atoms with Crippen LogP contribution in [0.15, 0.2) is 24.3 Å². The van der Waals surface area contributed by atoms with Crippen molar-refractivity contribution >= 4 is 17.5 Å². The first kappa shape index (κ1) is 8.57. The molecule has 68 valence electrons. The Morgan fingerprint density at radius 2 is 2.31 bits per heavy atom. The van der Waals surface area contributed by atoms with E-state index in [-0.39, 0.29) is 11.8 Å². The molecular formula is C10H10ClNO. The van der Waals surface area contributed by atoms with Crippen LogP contribution in [0.5, 0.6) is 0 Å². The molecular weight excluding hydrogens is 186 g/mol. The highest BCUT2D eigenvalue weighted by Crippen LogP contribution is 2.47. The second-order valence-corrected chi connectivity index (χ2v) is 3.84. The van der Waals surface area contributed by atoms with Gasteiger partial charge in [-0.15, -0.1) is 0 Å². The zero-order valence-corrected chi connectivity index (χ0v) is 7.79. The van der Waals surface area contributed by atoms with Crippen molar-refractivity contribution in [2.45, 2.75) is 12.3 Å². The molecule has 0 aromatic heterocycles. The minimum Gasteiger partial charge on any atom is -0.369 e. The predicted octanol–water partition coefficient (Wildman–Crippen LogP) is 1.93. The third kappa shape index (κ3) is 1.68. The van der Waals surface area contributed by atoms with Crippen LogP contribution in [0.25, 0.3) is 0 Å². The number of carbonyl (C=O) groups is 1. The summed E-state index contributed by atoms with van der Waals surface area (Å²) >= 11 is 5.83. The van der Waals surface area contributed by atoms with E-state index >= 15 is 0 Å². The van der Waals surface area contributed by atoms with E-state index in [1.54, 1.807) is 0 Å². The molecule has 0 saturated heterocycles. The van der Waals surface area contributed by atoms with Gasteiger partial charge in [-0.3, -0.25) is 4.79 Å². The first-order chi connectivity index (χ1) is 6.18. The summed E-state index contributed by atoms with van der Waals surface area (Å²) in [6.07, 6.45) is 0.871. The summed E-state index contributed by atoms with van der Waals surface area (Å²) in [6, 6.07) is 7.61. The van der Waals surface area contributed by atoms with Gasteiger partial charge in [-0.1, -0.05) is 23.7 Å². The van der Waals surface area contributed by atoms with Crippen LogP contribution in [0.3, 0.4) is 0 Å².